The molecule has 86 valence electrons. The van der Waals surface area contributed by atoms with E-state index >= 15 is 0 Å². The summed E-state index contributed by atoms with van der Waals surface area (Å²) in [4.78, 5) is 0. The fourth-order valence-electron chi connectivity index (χ4n) is 2.75. The summed E-state index contributed by atoms with van der Waals surface area (Å²) >= 11 is 0. The fourth-order valence-corrected chi connectivity index (χ4v) is 2.75. The Balaban J connectivity index is 2.10. The van der Waals surface area contributed by atoms with Gasteiger partial charge in [-0.25, -0.2) is 0 Å². The van der Waals surface area contributed by atoms with E-state index in [4.69, 9.17) is 0 Å². The van der Waals surface area contributed by atoms with Gasteiger partial charge >= 0.3 is 0 Å². The van der Waals surface area contributed by atoms with Gasteiger partial charge in [-0.05, 0) is 25.0 Å². The molecule has 1 aromatic rings. The number of nitrogens with zero attached hydrogens (tertiary/aromatic N) is 1. The fraction of sp³-hybridized carbons (Fsp3) is 0.467. The molecular formula is C15H22N+. The number of benzene rings is 1. The molecule has 0 N–H and O–H groups in total. The van der Waals surface area contributed by atoms with E-state index < -0.39 is 0 Å². The molecule has 0 saturated carbocycles. The van der Waals surface area contributed by atoms with Crippen molar-refractivity contribution in [1.82, 2.24) is 0 Å². The maximum Gasteiger partial charge on any atom is 0.0970 e. The molecule has 1 aromatic carbocycles. The van der Waals surface area contributed by atoms with Crippen LogP contribution in [-0.2, 0) is 6.42 Å². The lowest BCUT2D eigenvalue weighted by Gasteiger charge is -2.41. The zero-order valence-corrected chi connectivity index (χ0v) is 10.2. The summed E-state index contributed by atoms with van der Waals surface area (Å²) in [6.45, 7) is 5.27. The van der Waals surface area contributed by atoms with Crippen molar-refractivity contribution in [2.45, 2.75) is 31.7 Å². The second kappa shape index (κ2) is 4.84. The Labute approximate surface area is 99.0 Å². The molecule has 0 amide bonds. The van der Waals surface area contributed by atoms with Crippen LogP contribution in [0.5, 0.6) is 0 Å². The van der Waals surface area contributed by atoms with Crippen molar-refractivity contribution < 1.29 is 4.48 Å². The minimum Gasteiger partial charge on any atom is -0.298 e. The molecule has 2 rings (SSSR count). The van der Waals surface area contributed by atoms with Gasteiger partial charge < -0.3 is 0 Å². The first-order valence-corrected chi connectivity index (χ1v) is 6.27. The van der Waals surface area contributed by atoms with Crippen LogP contribution in [0.25, 0.3) is 0 Å². The number of quaternary nitrogens is 1. The van der Waals surface area contributed by atoms with E-state index in [1.165, 1.54) is 37.8 Å². The van der Waals surface area contributed by atoms with Crippen LogP contribution in [0.1, 0.15) is 24.8 Å². The largest absolute Gasteiger partial charge is 0.298 e. The van der Waals surface area contributed by atoms with Crippen LogP contribution in [-0.4, -0.2) is 24.1 Å². The van der Waals surface area contributed by atoms with Crippen molar-refractivity contribution in [2.75, 3.05) is 13.6 Å². The van der Waals surface area contributed by atoms with E-state index in [0.717, 1.165) is 4.48 Å². The number of hydrogen-bond donors (Lipinski definition) is 0. The van der Waals surface area contributed by atoms with Gasteiger partial charge in [-0.2, -0.15) is 0 Å². The smallest absolute Gasteiger partial charge is 0.0970 e. The highest BCUT2D eigenvalue weighted by Gasteiger charge is 2.33. The number of rotatable bonds is 3. The second-order valence-electron chi connectivity index (χ2n) is 5.09. The van der Waals surface area contributed by atoms with Gasteiger partial charge in [0.25, 0.3) is 0 Å². The Morgan fingerprint density at radius 2 is 2.06 bits per heavy atom. The highest BCUT2D eigenvalue weighted by Crippen LogP contribution is 2.26. The van der Waals surface area contributed by atoms with Crippen molar-refractivity contribution in [3.63, 3.8) is 0 Å². The molecule has 1 saturated heterocycles. The molecule has 0 radical (unpaired) electrons. The maximum atomic E-state index is 4.02. The van der Waals surface area contributed by atoms with Crippen LogP contribution < -0.4 is 0 Å². The summed E-state index contributed by atoms with van der Waals surface area (Å²) in [5.74, 6) is 0. The van der Waals surface area contributed by atoms with Crippen molar-refractivity contribution >= 4 is 0 Å². The summed E-state index contributed by atoms with van der Waals surface area (Å²) in [5.41, 5.74) is 1.46. The Hall–Kier alpha value is -1.08. The predicted molar refractivity (Wildman–Crippen MR) is 69.0 cm³/mol. The lowest BCUT2D eigenvalue weighted by molar-refractivity contribution is -0.890. The second-order valence-corrected chi connectivity index (χ2v) is 5.09. The van der Waals surface area contributed by atoms with Crippen LogP contribution in [0.3, 0.4) is 0 Å². The van der Waals surface area contributed by atoms with E-state index in [2.05, 4.69) is 50.2 Å². The zero-order valence-electron chi connectivity index (χ0n) is 10.2. The molecule has 0 aliphatic carbocycles. The molecule has 2 unspecified atom stereocenters. The topological polar surface area (TPSA) is 0 Å². The van der Waals surface area contributed by atoms with E-state index in [0.29, 0.717) is 6.04 Å². The molecule has 1 nitrogen and oxygen atoms in total. The van der Waals surface area contributed by atoms with Crippen molar-refractivity contribution in [1.29, 1.82) is 0 Å². The summed E-state index contributed by atoms with van der Waals surface area (Å²) in [5, 5.41) is 0. The van der Waals surface area contributed by atoms with E-state index in [1.807, 2.05) is 0 Å². The molecular weight excluding hydrogens is 194 g/mol. The van der Waals surface area contributed by atoms with Crippen LogP contribution >= 0.6 is 0 Å². The minimum atomic E-state index is 0.716. The number of piperidine rings is 1. The first kappa shape index (κ1) is 11.4. The number of likely N-dealkylation sites (N-methyl/N-ethyl adjacent to an activating group) is 1. The number of hydrogen-bond acceptors (Lipinski definition) is 0. The highest BCUT2D eigenvalue weighted by atomic mass is 15.3. The van der Waals surface area contributed by atoms with Crippen LogP contribution in [0.15, 0.2) is 43.1 Å². The maximum absolute atomic E-state index is 4.02. The Morgan fingerprint density at radius 3 is 2.75 bits per heavy atom. The third-order valence-corrected chi connectivity index (χ3v) is 3.99. The average molecular weight is 216 g/mol. The van der Waals surface area contributed by atoms with Gasteiger partial charge in [0, 0.05) is 12.8 Å². The zero-order chi connectivity index (χ0) is 11.4. The minimum absolute atomic E-state index is 0.716. The Kier molecular flexibility index (Phi) is 3.45. The molecule has 1 aliphatic heterocycles. The number of likely N-dealkylation sites (tertiary alicyclic amines) is 1. The molecule has 1 heterocycles. The van der Waals surface area contributed by atoms with E-state index in [1.54, 1.807) is 0 Å². The van der Waals surface area contributed by atoms with Crippen molar-refractivity contribution in [2.24, 2.45) is 0 Å². The first-order valence-electron chi connectivity index (χ1n) is 6.27. The third-order valence-electron chi connectivity index (χ3n) is 3.99. The van der Waals surface area contributed by atoms with Gasteiger partial charge in [0.1, 0.15) is 0 Å². The van der Waals surface area contributed by atoms with Gasteiger partial charge in [-0.3, -0.25) is 4.48 Å². The molecule has 2 atom stereocenters. The predicted octanol–water partition coefficient (Wildman–Crippen LogP) is 3.37. The summed E-state index contributed by atoms with van der Waals surface area (Å²) < 4.78 is 1.04. The molecule has 1 aliphatic rings. The lowest BCUT2D eigenvalue weighted by Crippen LogP contribution is -2.51. The average Bonchev–Trinajstić information content (AvgIpc) is 2.34. The Bertz CT molecular complexity index is 344. The van der Waals surface area contributed by atoms with Crippen LogP contribution in [0, 0.1) is 0 Å². The van der Waals surface area contributed by atoms with Gasteiger partial charge in [0.05, 0.1) is 25.8 Å². The Morgan fingerprint density at radius 1 is 1.31 bits per heavy atom. The molecule has 1 fully saturated rings. The molecule has 16 heavy (non-hydrogen) atoms. The molecule has 1 heteroatoms. The van der Waals surface area contributed by atoms with Gasteiger partial charge in [-0.1, -0.05) is 30.3 Å². The van der Waals surface area contributed by atoms with Gasteiger partial charge in [0.2, 0.25) is 0 Å². The summed E-state index contributed by atoms with van der Waals surface area (Å²) in [7, 11) is 2.32. The van der Waals surface area contributed by atoms with Gasteiger partial charge in [0.15, 0.2) is 0 Å². The lowest BCUT2D eigenvalue weighted by atomic mass is 9.94. The van der Waals surface area contributed by atoms with Crippen LogP contribution in [0.4, 0.5) is 0 Å². The van der Waals surface area contributed by atoms with Crippen LogP contribution in [0.2, 0.25) is 0 Å². The van der Waals surface area contributed by atoms with E-state index in [9.17, 15) is 0 Å². The first-order chi connectivity index (χ1) is 7.74. The molecule has 0 aromatic heterocycles. The highest BCUT2D eigenvalue weighted by molar-refractivity contribution is 5.15. The van der Waals surface area contributed by atoms with E-state index in [-0.39, 0.29) is 0 Å². The summed E-state index contributed by atoms with van der Waals surface area (Å²) in [6, 6.07) is 11.6. The molecule has 0 bridgehead atoms. The summed E-state index contributed by atoms with van der Waals surface area (Å²) in [6.07, 6.45) is 7.36. The SMILES string of the molecule is C=C[N+]1(C)CCCCC1Cc1ccccc1. The standard InChI is InChI=1S/C15H22N/c1-3-16(2)12-8-7-11-15(16)13-14-9-5-4-6-10-14/h3-6,9-10,15H,1,7-8,11-13H2,2H3/q+1. The quantitative estimate of drug-likeness (QED) is 0.680. The molecule has 0 spiro atoms. The normalized spacial score (nSPS) is 29.9. The third kappa shape index (κ3) is 2.35. The van der Waals surface area contributed by atoms with Crippen molar-refractivity contribution in [3.05, 3.63) is 48.7 Å². The van der Waals surface area contributed by atoms with Gasteiger partial charge in [-0.15, -0.1) is 0 Å². The van der Waals surface area contributed by atoms with Crippen molar-refractivity contribution in [3.8, 4) is 0 Å². The monoisotopic (exact) mass is 216 g/mol.